The van der Waals surface area contributed by atoms with Gasteiger partial charge in [-0.3, -0.25) is 9.48 Å². The van der Waals surface area contributed by atoms with Gasteiger partial charge in [0, 0.05) is 35.6 Å². The van der Waals surface area contributed by atoms with Crippen molar-refractivity contribution in [3.05, 3.63) is 60.4 Å². The Kier molecular flexibility index (Phi) is 5.40. The fraction of sp³-hybridized carbons (Fsp3) is 0.273. The molecule has 0 atom stereocenters. The van der Waals surface area contributed by atoms with Gasteiger partial charge in [-0.1, -0.05) is 24.3 Å². The summed E-state index contributed by atoms with van der Waals surface area (Å²) < 4.78 is 12.2. The number of rotatable bonds is 6. The van der Waals surface area contributed by atoms with Crippen molar-refractivity contribution in [2.75, 3.05) is 19.5 Å². The number of hydrogen-bond donors (Lipinski definition) is 1. The van der Waals surface area contributed by atoms with Gasteiger partial charge in [-0.15, -0.1) is 0 Å². The van der Waals surface area contributed by atoms with E-state index in [0.29, 0.717) is 17.2 Å². The normalized spacial score (nSPS) is 11.2. The van der Waals surface area contributed by atoms with E-state index in [1.54, 1.807) is 43.3 Å². The van der Waals surface area contributed by atoms with Crippen LogP contribution in [-0.2, 0) is 10.3 Å². The van der Waals surface area contributed by atoms with E-state index in [9.17, 15) is 4.79 Å². The Bertz CT molecular complexity index is 970. The molecule has 0 aliphatic heterocycles. The molecule has 3 aromatic rings. The number of nitrogens with zero attached hydrogens (tertiary/aromatic N) is 2. The number of hydrogen-bond acceptors (Lipinski definition) is 4. The fourth-order valence-electron chi connectivity index (χ4n) is 2.93. The van der Waals surface area contributed by atoms with Gasteiger partial charge >= 0.3 is 0 Å². The first-order valence-electron chi connectivity index (χ1n) is 9.01. The largest absolute Gasteiger partial charge is 0.497 e. The van der Waals surface area contributed by atoms with Crippen molar-refractivity contribution >= 4 is 11.6 Å². The van der Waals surface area contributed by atoms with E-state index in [0.717, 1.165) is 16.7 Å². The molecule has 28 heavy (non-hydrogen) atoms. The molecule has 146 valence electrons. The number of aromatic nitrogens is 2. The number of methoxy groups -OCH3 is 2. The highest BCUT2D eigenvalue weighted by atomic mass is 16.5. The summed E-state index contributed by atoms with van der Waals surface area (Å²) in [7, 11) is 3.14. The second-order valence-corrected chi connectivity index (χ2v) is 7.10. The third-order valence-electron chi connectivity index (χ3n) is 4.78. The fourth-order valence-corrected chi connectivity index (χ4v) is 2.93. The predicted molar refractivity (Wildman–Crippen MR) is 110 cm³/mol. The second-order valence-electron chi connectivity index (χ2n) is 7.10. The lowest BCUT2D eigenvalue weighted by Gasteiger charge is -2.24. The van der Waals surface area contributed by atoms with Gasteiger partial charge in [0.1, 0.15) is 17.0 Å². The zero-order valence-corrected chi connectivity index (χ0v) is 16.8. The minimum absolute atomic E-state index is 0.192. The predicted octanol–water partition coefficient (Wildman–Crippen LogP) is 4.25. The van der Waals surface area contributed by atoms with E-state index >= 15 is 0 Å². The maximum Gasteiger partial charge on any atom is 0.251 e. The Morgan fingerprint density at radius 3 is 2.32 bits per heavy atom. The van der Waals surface area contributed by atoms with Gasteiger partial charge in [0.15, 0.2) is 0 Å². The molecule has 1 amide bonds. The maximum absolute atomic E-state index is 13.0. The van der Waals surface area contributed by atoms with Crippen molar-refractivity contribution in [2.45, 2.75) is 26.3 Å². The lowest BCUT2D eigenvalue weighted by Crippen LogP contribution is -2.40. The van der Waals surface area contributed by atoms with Gasteiger partial charge in [0.05, 0.1) is 20.4 Å². The van der Waals surface area contributed by atoms with Crippen molar-refractivity contribution in [2.24, 2.45) is 0 Å². The number of amides is 1. The Hall–Kier alpha value is -3.28. The summed E-state index contributed by atoms with van der Waals surface area (Å²) in [6, 6.07) is 13.4. The van der Waals surface area contributed by atoms with Crippen LogP contribution in [0.4, 0.5) is 5.69 Å². The standard InChI is InChI=1S/C22H25N3O3/c1-15-8-6-7-9-20(15)16-13-23-25(14-16)22(2,3)21(26)24-17-10-18(27-4)12-19(11-17)28-5/h6-14H,1-5H3,(H,24,26). The zero-order chi connectivity index (χ0) is 20.3. The van der Waals surface area contributed by atoms with E-state index in [1.165, 1.54) is 0 Å². The van der Waals surface area contributed by atoms with Crippen molar-refractivity contribution in [3.8, 4) is 22.6 Å². The van der Waals surface area contributed by atoms with Crippen LogP contribution in [-0.4, -0.2) is 29.9 Å². The molecule has 1 heterocycles. The summed E-state index contributed by atoms with van der Waals surface area (Å²) in [5.74, 6) is 1.02. The van der Waals surface area contributed by atoms with Crippen LogP contribution in [0.2, 0.25) is 0 Å². The van der Waals surface area contributed by atoms with Crippen molar-refractivity contribution in [1.29, 1.82) is 0 Å². The number of carbonyl (C=O) groups excluding carboxylic acids is 1. The molecule has 0 unspecified atom stereocenters. The van der Waals surface area contributed by atoms with E-state index < -0.39 is 5.54 Å². The smallest absolute Gasteiger partial charge is 0.251 e. The van der Waals surface area contributed by atoms with E-state index in [1.807, 2.05) is 38.2 Å². The Morgan fingerprint density at radius 2 is 1.71 bits per heavy atom. The molecular formula is C22H25N3O3. The van der Waals surface area contributed by atoms with Gasteiger partial charge in [-0.05, 0) is 31.9 Å². The SMILES string of the molecule is COc1cc(NC(=O)C(C)(C)n2cc(-c3ccccc3C)cn2)cc(OC)c1. The number of nitrogens with one attached hydrogen (secondary N) is 1. The molecule has 6 heteroatoms. The highest BCUT2D eigenvalue weighted by Gasteiger charge is 2.31. The van der Waals surface area contributed by atoms with Crippen LogP contribution in [0, 0.1) is 6.92 Å². The van der Waals surface area contributed by atoms with E-state index in [4.69, 9.17) is 9.47 Å². The van der Waals surface area contributed by atoms with E-state index in [-0.39, 0.29) is 5.91 Å². The number of ether oxygens (including phenoxy) is 2. The van der Waals surface area contributed by atoms with Crippen LogP contribution < -0.4 is 14.8 Å². The van der Waals surface area contributed by atoms with Crippen molar-refractivity contribution in [1.82, 2.24) is 9.78 Å². The van der Waals surface area contributed by atoms with Crippen LogP contribution in [0.15, 0.2) is 54.9 Å². The average molecular weight is 379 g/mol. The first-order valence-corrected chi connectivity index (χ1v) is 9.01. The maximum atomic E-state index is 13.0. The summed E-state index contributed by atoms with van der Waals surface area (Å²) >= 11 is 0. The number of benzene rings is 2. The lowest BCUT2D eigenvalue weighted by molar-refractivity contribution is -0.123. The first kappa shape index (κ1) is 19.5. The summed E-state index contributed by atoms with van der Waals surface area (Å²) in [6.45, 7) is 5.71. The molecule has 0 spiro atoms. The first-order chi connectivity index (χ1) is 13.3. The molecule has 0 aliphatic rings. The molecule has 0 aliphatic carbocycles. The van der Waals surface area contributed by atoms with Crippen molar-refractivity contribution in [3.63, 3.8) is 0 Å². The van der Waals surface area contributed by atoms with Crippen LogP contribution in [0.5, 0.6) is 11.5 Å². The molecule has 0 fully saturated rings. The Balaban J connectivity index is 1.85. The second kappa shape index (κ2) is 7.76. The molecule has 1 N–H and O–H groups in total. The highest BCUT2D eigenvalue weighted by molar-refractivity contribution is 5.96. The molecule has 2 aromatic carbocycles. The number of anilines is 1. The summed E-state index contributed by atoms with van der Waals surface area (Å²) in [6.07, 6.45) is 3.68. The van der Waals surface area contributed by atoms with Gasteiger partial charge < -0.3 is 14.8 Å². The summed E-state index contributed by atoms with van der Waals surface area (Å²) in [4.78, 5) is 13.0. The minimum Gasteiger partial charge on any atom is -0.497 e. The lowest BCUT2D eigenvalue weighted by atomic mass is 10.0. The molecule has 0 bridgehead atoms. The van der Waals surface area contributed by atoms with Gasteiger partial charge in [-0.2, -0.15) is 5.10 Å². The number of carbonyl (C=O) groups is 1. The molecule has 1 aromatic heterocycles. The third kappa shape index (κ3) is 3.86. The summed E-state index contributed by atoms with van der Waals surface area (Å²) in [5.41, 5.74) is 2.94. The molecule has 0 radical (unpaired) electrons. The van der Waals surface area contributed by atoms with Crippen LogP contribution in [0.25, 0.3) is 11.1 Å². The third-order valence-corrected chi connectivity index (χ3v) is 4.78. The molecule has 0 saturated heterocycles. The Labute approximate surface area is 165 Å². The highest BCUT2D eigenvalue weighted by Crippen LogP contribution is 2.28. The molecule has 0 saturated carbocycles. The van der Waals surface area contributed by atoms with Gasteiger partial charge in [-0.25, -0.2) is 0 Å². The monoisotopic (exact) mass is 379 g/mol. The van der Waals surface area contributed by atoms with Crippen LogP contribution in [0.3, 0.4) is 0 Å². The average Bonchev–Trinajstić information content (AvgIpc) is 3.18. The van der Waals surface area contributed by atoms with Gasteiger partial charge in [0.2, 0.25) is 0 Å². The van der Waals surface area contributed by atoms with Crippen molar-refractivity contribution < 1.29 is 14.3 Å². The quantitative estimate of drug-likeness (QED) is 0.695. The molecule has 6 nitrogen and oxygen atoms in total. The summed E-state index contributed by atoms with van der Waals surface area (Å²) in [5, 5.41) is 7.37. The molecular weight excluding hydrogens is 354 g/mol. The van der Waals surface area contributed by atoms with Crippen LogP contribution in [0.1, 0.15) is 19.4 Å². The number of aryl methyl sites for hydroxylation is 1. The van der Waals surface area contributed by atoms with Crippen LogP contribution >= 0.6 is 0 Å². The Morgan fingerprint density at radius 1 is 1.07 bits per heavy atom. The topological polar surface area (TPSA) is 65.4 Å². The van der Waals surface area contributed by atoms with Gasteiger partial charge in [0.25, 0.3) is 5.91 Å². The zero-order valence-electron chi connectivity index (χ0n) is 16.8. The van der Waals surface area contributed by atoms with E-state index in [2.05, 4.69) is 23.4 Å². The molecule has 3 rings (SSSR count). The minimum atomic E-state index is -0.892.